The van der Waals surface area contributed by atoms with Crippen LogP contribution in [0.5, 0.6) is 0 Å². The Morgan fingerprint density at radius 1 is 1.55 bits per heavy atom. The number of pyridine rings is 1. The molecule has 0 radical (unpaired) electrons. The zero-order valence-electron chi connectivity index (χ0n) is 12.5. The second-order valence-corrected chi connectivity index (χ2v) is 5.75. The quantitative estimate of drug-likeness (QED) is 0.696. The van der Waals surface area contributed by atoms with Gasteiger partial charge in [0.05, 0.1) is 5.56 Å². The van der Waals surface area contributed by atoms with E-state index in [-0.39, 0.29) is 28.5 Å². The van der Waals surface area contributed by atoms with Crippen molar-refractivity contribution in [3.05, 3.63) is 22.6 Å². The zero-order valence-corrected chi connectivity index (χ0v) is 13.3. The highest BCUT2D eigenvalue weighted by atomic mass is 35.5. The first-order valence-electron chi connectivity index (χ1n) is 6.76. The number of anilines is 1. The topological polar surface area (TPSA) is 98.0 Å². The Kier molecular flexibility index (Phi) is 6.38. The van der Waals surface area contributed by atoms with Crippen LogP contribution < -0.4 is 10.6 Å². The normalized spacial score (nSPS) is 13.3. The summed E-state index contributed by atoms with van der Waals surface area (Å²) in [5.41, 5.74) is -0.0539. The Hall–Kier alpha value is -2.07. The van der Waals surface area contributed by atoms with Gasteiger partial charge in [0, 0.05) is 12.1 Å². The minimum atomic E-state index is -1.16. The molecule has 120 valence electrons. The minimum absolute atomic E-state index is 0.0539. The van der Waals surface area contributed by atoms with Crippen LogP contribution in [-0.4, -0.2) is 28.3 Å². The SMILES string of the molecule is CC(C)C[C@@H](Nc1nc(Cl)c(C#N)cc1F)[C@H](C)NC(=O)O. The Morgan fingerprint density at radius 3 is 2.68 bits per heavy atom. The molecular formula is C14H18ClFN4O2. The van der Waals surface area contributed by atoms with Gasteiger partial charge in [0.25, 0.3) is 0 Å². The van der Waals surface area contributed by atoms with Crippen LogP contribution in [0.1, 0.15) is 32.8 Å². The van der Waals surface area contributed by atoms with Crippen molar-refractivity contribution in [1.29, 1.82) is 5.26 Å². The molecule has 0 aromatic carbocycles. The maximum Gasteiger partial charge on any atom is 0.404 e. The lowest BCUT2D eigenvalue weighted by Crippen LogP contribution is -2.45. The molecule has 0 saturated heterocycles. The van der Waals surface area contributed by atoms with E-state index in [1.165, 1.54) is 0 Å². The van der Waals surface area contributed by atoms with Gasteiger partial charge in [-0.1, -0.05) is 25.4 Å². The fourth-order valence-electron chi connectivity index (χ4n) is 2.01. The van der Waals surface area contributed by atoms with Crippen LogP contribution in [0.2, 0.25) is 5.15 Å². The van der Waals surface area contributed by atoms with Crippen molar-refractivity contribution in [2.45, 2.75) is 39.3 Å². The van der Waals surface area contributed by atoms with Crippen molar-refractivity contribution < 1.29 is 14.3 Å². The predicted octanol–water partition coefficient (Wildman–Crippen LogP) is 3.23. The first kappa shape index (κ1) is 18.0. The fraction of sp³-hybridized carbons (Fsp3) is 0.500. The first-order chi connectivity index (χ1) is 10.2. The molecule has 1 aromatic rings. The second-order valence-electron chi connectivity index (χ2n) is 5.39. The van der Waals surface area contributed by atoms with E-state index >= 15 is 0 Å². The minimum Gasteiger partial charge on any atom is -0.465 e. The molecule has 0 fully saturated rings. The van der Waals surface area contributed by atoms with Gasteiger partial charge in [-0.25, -0.2) is 14.2 Å². The highest BCUT2D eigenvalue weighted by Crippen LogP contribution is 2.22. The Balaban J connectivity index is 3.01. The Labute approximate surface area is 133 Å². The molecule has 0 bridgehead atoms. The molecule has 1 rings (SSSR count). The molecule has 0 spiro atoms. The average molecular weight is 329 g/mol. The molecule has 6 nitrogen and oxygen atoms in total. The van der Waals surface area contributed by atoms with Crippen LogP contribution in [0.15, 0.2) is 6.07 Å². The monoisotopic (exact) mass is 328 g/mol. The molecule has 2 atom stereocenters. The molecule has 22 heavy (non-hydrogen) atoms. The van der Waals surface area contributed by atoms with Gasteiger partial charge in [-0.2, -0.15) is 5.26 Å². The molecule has 1 heterocycles. The van der Waals surface area contributed by atoms with E-state index < -0.39 is 18.0 Å². The zero-order chi connectivity index (χ0) is 16.9. The second kappa shape index (κ2) is 7.80. The number of rotatable bonds is 6. The number of aromatic nitrogens is 1. The molecule has 0 aliphatic rings. The summed E-state index contributed by atoms with van der Waals surface area (Å²) in [7, 11) is 0. The van der Waals surface area contributed by atoms with E-state index in [0.29, 0.717) is 6.42 Å². The van der Waals surface area contributed by atoms with Gasteiger partial charge in [0.1, 0.15) is 11.2 Å². The highest BCUT2D eigenvalue weighted by Gasteiger charge is 2.22. The van der Waals surface area contributed by atoms with E-state index in [9.17, 15) is 9.18 Å². The average Bonchev–Trinajstić information content (AvgIpc) is 2.40. The van der Waals surface area contributed by atoms with Gasteiger partial charge >= 0.3 is 6.09 Å². The van der Waals surface area contributed by atoms with Crippen molar-refractivity contribution in [3.63, 3.8) is 0 Å². The van der Waals surface area contributed by atoms with Crippen molar-refractivity contribution >= 4 is 23.5 Å². The van der Waals surface area contributed by atoms with Crippen LogP contribution in [0.25, 0.3) is 0 Å². The fourth-order valence-corrected chi connectivity index (χ4v) is 2.19. The van der Waals surface area contributed by atoms with Crippen molar-refractivity contribution in [2.75, 3.05) is 5.32 Å². The number of carbonyl (C=O) groups is 1. The first-order valence-corrected chi connectivity index (χ1v) is 7.14. The van der Waals surface area contributed by atoms with Gasteiger partial charge < -0.3 is 15.7 Å². The highest BCUT2D eigenvalue weighted by molar-refractivity contribution is 6.30. The third-order valence-corrected chi connectivity index (χ3v) is 3.34. The van der Waals surface area contributed by atoms with Gasteiger partial charge in [-0.15, -0.1) is 0 Å². The van der Waals surface area contributed by atoms with Crippen LogP contribution >= 0.6 is 11.6 Å². The van der Waals surface area contributed by atoms with Crippen LogP contribution in [0, 0.1) is 23.1 Å². The lowest BCUT2D eigenvalue weighted by Gasteiger charge is -2.27. The molecule has 0 aliphatic carbocycles. The van der Waals surface area contributed by atoms with Crippen molar-refractivity contribution in [2.24, 2.45) is 5.92 Å². The Morgan fingerprint density at radius 2 is 2.18 bits per heavy atom. The molecule has 0 saturated carbocycles. The van der Waals surface area contributed by atoms with Crippen LogP contribution in [-0.2, 0) is 0 Å². The molecule has 1 aromatic heterocycles. The van der Waals surface area contributed by atoms with Crippen molar-refractivity contribution in [1.82, 2.24) is 10.3 Å². The van der Waals surface area contributed by atoms with E-state index in [2.05, 4.69) is 15.6 Å². The third kappa shape index (κ3) is 5.04. The summed E-state index contributed by atoms with van der Waals surface area (Å²) in [5, 5.41) is 22.7. The van der Waals surface area contributed by atoms with Gasteiger partial charge in [0.15, 0.2) is 11.6 Å². The molecule has 0 aliphatic heterocycles. The molecule has 3 N–H and O–H groups in total. The summed E-state index contributed by atoms with van der Waals surface area (Å²) in [4.78, 5) is 14.6. The van der Waals surface area contributed by atoms with E-state index in [0.717, 1.165) is 6.07 Å². The van der Waals surface area contributed by atoms with E-state index in [4.69, 9.17) is 22.0 Å². The third-order valence-electron chi connectivity index (χ3n) is 3.05. The maximum atomic E-state index is 14.0. The maximum absolute atomic E-state index is 14.0. The number of hydrogen-bond donors (Lipinski definition) is 3. The van der Waals surface area contributed by atoms with E-state index in [1.807, 2.05) is 13.8 Å². The number of halogens is 2. The summed E-state index contributed by atoms with van der Waals surface area (Å²) in [6.07, 6.45) is -0.561. The van der Waals surface area contributed by atoms with E-state index in [1.54, 1.807) is 13.0 Å². The largest absolute Gasteiger partial charge is 0.465 e. The predicted molar refractivity (Wildman–Crippen MR) is 81.4 cm³/mol. The summed E-state index contributed by atoms with van der Waals surface area (Å²) < 4.78 is 14.0. The number of nitrogens with one attached hydrogen (secondary N) is 2. The number of amides is 1. The lowest BCUT2D eigenvalue weighted by molar-refractivity contribution is 0.188. The van der Waals surface area contributed by atoms with Crippen LogP contribution in [0.4, 0.5) is 15.0 Å². The van der Waals surface area contributed by atoms with Gasteiger partial charge in [-0.05, 0) is 25.3 Å². The number of nitriles is 1. The number of hydrogen-bond acceptors (Lipinski definition) is 4. The van der Waals surface area contributed by atoms with Crippen LogP contribution in [0.3, 0.4) is 0 Å². The summed E-state index contributed by atoms with van der Waals surface area (Å²) >= 11 is 5.80. The summed E-state index contributed by atoms with van der Waals surface area (Å²) in [5.74, 6) is -0.557. The summed E-state index contributed by atoms with van der Waals surface area (Å²) in [6.45, 7) is 5.62. The molecular weight excluding hydrogens is 311 g/mol. The standard InChI is InChI=1S/C14H18ClFN4O2/c1-7(2)4-11(8(3)18-14(21)22)19-13-10(16)5-9(6-17)12(15)20-13/h5,7-8,11,18H,4H2,1-3H3,(H,19,20)(H,21,22)/t8-,11+/m0/s1. The smallest absolute Gasteiger partial charge is 0.404 e. The van der Waals surface area contributed by atoms with Crippen molar-refractivity contribution in [3.8, 4) is 6.07 Å². The van der Waals surface area contributed by atoms with Gasteiger partial charge in [-0.3, -0.25) is 0 Å². The molecule has 1 amide bonds. The lowest BCUT2D eigenvalue weighted by atomic mass is 9.98. The molecule has 0 unspecified atom stereocenters. The summed E-state index contributed by atoms with van der Waals surface area (Å²) in [6, 6.07) is 1.91. The number of carboxylic acid groups (broad SMARTS) is 1. The molecule has 8 heteroatoms. The Bertz CT molecular complexity index is 589. The number of nitrogens with zero attached hydrogens (tertiary/aromatic N) is 2. The van der Waals surface area contributed by atoms with Gasteiger partial charge in [0.2, 0.25) is 0 Å².